The van der Waals surface area contributed by atoms with Crippen LogP contribution in [0.5, 0.6) is 0 Å². The van der Waals surface area contributed by atoms with Crippen LogP contribution in [0.4, 0.5) is 34.1 Å². The molecule has 0 spiro atoms. The Morgan fingerprint density at radius 2 is 0.381 bits per heavy atom. The average molecular weight is 1610 g/mol. The van der Waals surface area contributed by atoms with Gasteiger partial charge in [-0.05, 0) is 281 Å². The molecule has 0 fully saturated rings. The molecule has 24 rings (SSSR count). The maximum absolute atomic E-state index is 7.19. The van der Waals surface area contributed by atoms with Crippen LogP contribution in [0.2, 0.25) is 0 Å². The molecule has 0 N–H and O–H groups in total. The molecule has 0 atom stereocenters. The molecular weight excluding hydrogens is 1530 g/mol. The first-order valence-electron chi connectivity index (χ1n) is 42.9. The highest BCUT2D eigenvalue weighted by Crippen LogP contribution is 2.49. The molecule has 0 radical (unpaired) electrons. The molecule has 24 aromatic rings. The Labute approximate surface area is 727 Å². The number of para-hydroxylation sites is 4. The van der Waals surface area contributed by atoms with Crippen molar-refractivity contribution in [1.82, 2.24) is 0 Å². The van der Waals surface area contributed by atoms with Crippen LogP contribution in [0, 0.1) is 0 Å². The van der Waals surface area contributed by atoms with E-state index >= 15 is 0 Å². The van der Waals surface area contributed by atoms with E-state index in [4.69, 9.17) is 17.7 Å². The third-order valence-electron chi connectivity index (χ3n) is 25.0. The van der Waals surface area contributed by atoms with Crippen LogP contribution in [0.15, 0.2) is 479 Å². The summed E-state index contributed by atoms with van der Waals surface area (Å²) in [5, 5.41) is 8.56. The summed E-state index contributed by atoms with van der Waals surface area (Å²) >= 11 is 0. The lowest BCUT2D eigenvalue weighted by atomic mass is 9.91. The van der Waals surface area contributed by atoms with Gasteiger partial charge in [-0.25, -0.2) is 0 Å². The molecule has 6 nitrogen and oxygen atoms in total. The summed E-state index contributed by atoms with van der Waals surface area (Å²) in [6, 6.07) is 166. The first kappa shape index (κ1) is 73.1. The molecule has 590 valence electrons. The molecule has 0 aliphatic heterocycles. The largest absolute Gasteiger partial charge is 0.456 e. The quantitative estimate of drug-likeness (QED) is 0.0905. The minimum atomic E-state index is 0.798. The number of benzene rings is 20. The molecular formula is C120H76N2O4. The van der Waals surface area contributed by atoms with E-state index < -0.39 is 0 Å². The van der Waals surface area contributed by atoms with Gasteiger partial charge in [0.2, 0.25) is 0 Å². The van der Waals surface area contributed by atoms with Gasteiger partial charge < -0.3 is 27.5 Å². The number of fused-ring (bicyclic) bond motifs is 12. The van der Waals surface area contributed by atoms with Crippen molar-refractivity contribution in [1.29, 1.82) is 0 Å². The van der Waals surface area contributed by atoms with Crippen LogP contribution in [-0.4, -0.2) is 0 Å². The molecule has 0 aliphatic rings. The highest BCUT2D eigenvalue weighted by Gasteiger charge is 2.25. The van der Waals surface area contributed by atoms with E-state index in [9.17, 15) is 0 Å². The van der Waals surface area contributed by atoms with E-state index in [1.165, 1.54) is 22.3 Å². The van der Waals surface area contributed by atoms with E-state index in [0.29, 0.717) is 0 Å². The van der Waals surface area contributed by atoms with Crippen LogP contribution >= 0.6 is 0 Å². The van der Waals surface area contributed by atoms with Crippen LogP contribution in [0.3, 0.4) is 0 Å². The molecule has 0 aliphatic carbocycles. The van der Waals surface area contributed by atoms with Crippen LogP contribution in [-0.2, 0) is 0 Å². The monoisotopic (exact) mass is 1610 g/mol. The van der Waals surface area contributed by atoms with E-state index in [0.717, 1.165) is 222 Å². The predicted octanol–water partition coefficient (Wildman–Crippen LogP) is 34.6. The highest BCUT2D eigenvalue weighted by atomic mass is 16.3. The van der Waals surface area contributed by atoms with E-state index in [-0.39, 0.29) is 0 Å². The summed E-state index contributed by atoms with van der Waals surface area (Å²) in [5.74, 6) is 0. The van der Waals surface area contributed by atoms with Crippen molar-refractivity contribution in [2.75, 3.05) is 9.80 Å². The summed E-state index contributed by atoms with van der Waals surface area (Å²) in [4.78, 5) is 4.77. The number of anilines is 6. The van der Waals surface area contributed by atoms with Crippen molar-refractivity contribution in [3.63, 3.8) is 0 Å². The summed E-state index contributed by atoms with van der Waals surface area (Å²) < 4.78 is 26.5. The Morgan fingerprint density at radius 1 is 0.119 bits per heavy atom. The van der Waals surface area contributed by atoms with Gasteiger partial charge in [-0.3, -0.25) is 0 Å². The third kappa shape index (κ3) is 13.3. The zero-order chi connectivity index (χ0) is 83.1. The Bertz CT molecular complexity index is 8360. The minimum Gasteiger partial charge on any atom is -0.456 e. The lowest BCUT2D eigenvalue weighted by Crippen LogP contribution is -2.10. The van der Waals surface area contributed by atoms with Gasteiger partial charge in [-0.1, -0.05) is 297 Å². The van der Waals surface area contributed by atoms with Gasteiger partial charge in [-0.2, -0.15) is 0 Å². The van der Waals surface area contributed by atoms with Gasteiger partial charge in [0.15, 0.2) is 0 Å². The van der Waals surface area contributed by atoms with Crippen molar-refractivity contribution >= 4 is 122 Å². The summed E-state index contributed by atoms with van der Waals surface area (Å²) in [6.07, 6.45) is 0. The van der Waals surface area contributed by atoms with Crippen molar-refractivity contribution in [3.05, 3.63) is 461 Å². The maximum atomic E-state index is 7.19. The molecule has 6 heteroatoms. The fourth-order valence-corrected chi connectivity index (χ4v) is 18.8. The standard InChI is InChI=1S/C120H76N2O4/c1-3-22-77(23-4-1)81-26-13-30-85(64-81)89-34-17-38-98(68-89)121(96-57-50-79(51-58-96)83-28-15-32-87(66-83)92-54-61-116-109(72-92)102-42-7-10-47-113(102)123-116)97-59-52-80(53-60-97)84-29-16-33-88(67-84)93-56-63-118-111(74-93)106-46-21-45-105(120(106)126-118)108-76-119-112(104-44-9-12-49-115(104)125-119)75-107(108)95-37-20-41-101(71-95)122(99-39-18-35-90(69-99)86-31-14-27-82(65-86)78-24-5-2-6-25-78)100-40-19-36-91(70-100)94-55-62-117-110(73-94)103-43-8-11-48-114(103)124-117/h1-76H. The number of nitrogens with zero attached hydrogens (tertiary/aromatic N) is 2. The Morgan fingerprint density at radius 3 is 0.794 bits per heavy atom. The Balaban J connectivity index is 0.574. The fourth-order valence-electron chi connectivity index (χ4n) is 18.8. The molecule has 20 aromatic carbocycles. The zero-order valence-electron chi connectivity index (χ0n) is 68.4. The molecule has 4 heterocycles. The van der Waals surface area contributed by atoms with Crippen LogP contribution in [0.1, 0.15) is 0 Å². The maximum Gasteiger partial charge on any atom is 0.143 e. The lowest BCUT2D eigenvalue weighted by molar-refractivity contribution is 0.668. The van der Waals surface area contributed by atoms with E-state index in [1.807, 2.05) is 30.3 Å². The first-order valence-corrected chi connectivity index (χ1v) is 42.9. The Hall–Kier alpha value is -16.8. The normalized spacial score (nSPS) is 11.7. The van der Waals surface area contributed by atoms with Crippen molar-refractivity contribution in [2.45, 2.75) is 0 Å². The number of hydrogen-bond donors (Lipinski definition) is 0. The van der Waals surface area contributed by atoms with E-state index in [1.54, 1.807) is 0 Å². The van der Waals surface area contributed by atoms with Crippen molar-refractivity contribution in [3.8, 4) is 122 Å². The second-order valence-corrected chi connectivity index (χ2v) is 32.6. The van der Waals surface area contributed by atoms with Crippen LogP contribution < -0.4 is 9.80 Å². The van der Waals surface area contributed by atoms with Gasteiger partial charge in [0, 0.05) is 82.8 Å². The van der Waals surface area contributed by atoms with Crippen molar-refractivity contribution < 1.29 is 17.7 Å². The molecule has 4 aromatic heterocycles. The smallest absolute Gasteiger partial charge is 0.143 e. The third-order valence-corrected chi connectivity index (χ3v) is 25.0. The van der Waals surface area contributed by atoms with Gasteiger partial charge >= 0.3 is 0 Å². The summed E-state index contributed by atoms with van der Waals surface area (Å²) in [5.41, 5.74) is 37.3. The number of hydrogen-bond acceptors (Lipinski definition) is 6. The zero-order valence-corrected chi connectivity index (χ0v) is 68.4. The SMILES string of the molecule is c1ccc(-c2cccc(-c3cccc(N(c4ccc(-c5cccc(-c6ccc7oc8ccccc8c7c6)c5)cc4)c4ccc(-c5cccc(-c6ccc7oc8c(-c9cc%10oc%11ccccc%11c%10cc9-c9cccc(N(c%10cccc(-c%11cccc(-c%12ccccc%12)c%11)c%10)c%10cccc(-c%11ccc%12oc%13ccccc%13c%12c%11)c%10)c9)cccc8c7c6)c5)cc4)c3)c2)cc1. The van der Waals surface area contributed by atoms with Gasteiger partial charge in [0.25, 0.3) is 0 Å². The topological polar surface area (TPSA) is 59.0 Å². The lowest BCUT2D eigenvalue weighted by Gasteiger charge is -2.27. The average Bonchev–Trinajstić information content (AvgIpc) is 1.59. The second-order valence-electron chi connectivity index (χ2n) is 32.6. The fraction of sp³-hybridized carbons (Fsp3) is 0. The first-order chi connectivity index (χ1) is 62.4. The Kier molecular flexibility index (Phi) is 17.8. The summed E-state index contributed by atoms with van der Waals surface area (Å²) in [6.45, 7) is 0. The number of furan rings is 4. The van der Waals surface area contributed by atoms with Gasteiger partial charge in [0.05, 0.1) is 0 Å². The molecule has 0 amide bonds. The molecule has 0 saturated heterocycles. The molecule has 0 unspecified atom stereocenters. The molecule has 0 bridgehead atoms. The predicted molar refractivity (Wildman–Crippen MR) is 525 cm³/mol. The molecule has 0 saturated carbocycles. The molecule has 126 heavy (non-hydrogen) atoms. The van der Waals surface area contributed by atoms with Gasteiger partial charge in [-0.15, -0.1) is 0 Å². The number of rotatable bonds is 17. The highest BCUT2D eigenvalue weighted by molar-refractivity contribution is 6.15. The van der Waals surface area contributed by atoms with Crippen LogP contribution in [0.25, 0.3) is 210 Å². The van der Waals surface area contributed by atoms with Crippen molar-refractivity contribution in [2.24, 2.45) is 0 Å². The summed E-state index contributed by atoms with van der Waals surface area (Å²) in [7, 11) is 0. The van der Waals surface area contributed by atoms with Gasteiger partial charge in [0.1, 0.15) is 44.7 Å². The minimum absolute atomic E-state index is 0.798. The van der Waals surface area contributed by atoms with E-state index in [2.05, 4.69) is 441 Å². The second kappa shape index (κ2) is 30.7.